The Morgan fingerprint density at radius 1 is 0.465 bits per heavy atom. The molecule has 3 saturated heterocycles. The molecule has 9 aromatic heterocycles. The number of fused-ring (bicyclic) bond motifs is 6. The van der Waals surface area contributed by atoms with E-state index < -0.39 is 30.1 Å². The van der Waals surface area contributed by atoms with Gasteiger partial charge >= 0.3 is 0 Å². The average molecular weight is 1470 g/mol. The number of nitrogens with zero attached hydrogens (tertiary/aromatic N) is 16. The summed E-state index contributed by atoms with van der Waals surface area (Å²) >= 11 is 13.1. The number of H-pyrrole nitrogens is 3. The first kappa shape index (κ1) is 70.3. The van der Waals surface area contributed by atoms with Gasteiger partial charge in [-0.25, -0.2) is 88.7 Å². The third-order valence-electron chi connectivity index (χ3n) is 18.0. The van der Waals surface area contributed by atoms with E-state index in [4.69, 9.17) is 47.6 Å². The Morgan fingerprint density at radius 3 is 1.32 bits per heavy atom. The summed E-state index contributed by atoms with van der Waals surface area (Å²) in [6.45, 7) is 10.5. The monoisotopic (exact) mass is 1470 g/mol. The Balaban J connectivity index is 0.000000135. The van der Waals surface area contributed by atoms with Crippen LogP contribution in [-0.2, 0) is 36.6 Å². The number of sulfonamides is 3. The van der Waals surface area contributed by atoms with Crippen molar-refractivity contribution in [3.63, 3.8) is 0 Å². The number of aromatic nitrogens is 15. The number of imidazole rings is 3. The van der Waals surface area contributed by atoms with Crippen LogP contribution < -0.4 is 25.4 Å². The summed E-state index contributed by atoms with van der Waals surface area (Å²) in [5, 5.41) is 16.9. The summed E-state index contributed by atoms with van der Waals surface area (Å²) in [6.07, 6.45) is 15.1. The molecule has 30 nitrogen and oxygen atoms in total. The number of ether oxygens (including phenoxy) is 2. The minimum absolute atomic E-state index is 0.0936. The van der Waals surface area contributed by atoms with E-state index in [1.54, 1.807) is 19.0 Å². The summed E-state index contributed by atoms with van der Waals surface area (Å²) < 4.78 is 88.2. The fourth-order valence-corrected chi connectivity index (χ4v) is 15.7. The summed E-state index contributed by atoms with van der Waals surface area (Å²) in [4.78, 5) is 64.1. The Kier molecular flexibility index (Phi) is 20.7. The number of hydrogen-bond donors (Lipinski definition) is 6. The molecular weight excluding hydrogens is 1400 g/mol. The highest BCUT2D eigenvalue weighted by molar-refractivity contribution is 7.88. The van der Waals surface area contributed by atoms with Crippen LogP contribution in [0.5, 0.6) is 11.8 Å². The number of anilines is 3. The zero-order chi connectivity index (χ0) is 70.7. The van der Waals surface area contributed by atoms with Crippen LogP contribution in [0.4, 0.5) is 17.5 Å². The van der Waals surface area contributed by atoms with Crippen LogP contribution in [0.15, 0.2) is 117 Å². The van der Waals surface area contributed by atoms with Gasteiger partial charge in [-0.1, -0.05) is 65.7 Å². The Morgan fingerprint density at radius 2 is 0.851 bits per heavy atom. The van der Waals surface area contributed by atoms with E-state index in [2.05, 4.69) is 80.7 Å². The lowest BCUT2D eigenvalue weighted by Gasteiger charge is -2.33. The SMILES string of the molecule is CC(Nc1ncnc2nc[nH]c12)c1cc2cccc(Cl)c2c(CN2CCN(S(C)(=O)=O)CC2)n1.CC(Nc1ncnc2nc[nH]c12)c1cc2cccc(Cl)c2c(OC2CCN(S(C)(=O)=O)CC2)n1.CC(Nc1ncnc2nc[nH]c12)c1cc2ccccc2c(OC2CCN(S(C)(=O)=O)CC2)n1. The van der Waals surface area contributed by atoms with Gasteiger partial charge in [-0.05, 0) is 99.0 Å². The number of piperazine rings is 1. The zero-order valence-electron chi connectivity index (χ0n) is 56.0. The number of piperidine rings is 2. The van der Waals surface area contributed by atoms with E-state index in [-0.39, 0.29) is 30.3 Å². The number of rotatable bonds is 18. The fourth-order valence-electron chi connectivity index (χ4n) is 12.5. The predicted molar refractivity (Wildman–Crippen MR) is 388 cm³/mol. The Hall–Kier alpha value is -9.19. The molecule has 35 heteroatoms. The predicted octanol–water partition coefficient (Wildman–Crippen LogP) is 9.21. The molecule has 0 saturated carbocycles. The fraction of sp³-hybridized carbons (Fsp3) is 0.364. The highest BCUT2D eigenvalue weighted by atomic mass is 35.5. The lowest BCUT2D eigenvalue weighted by Crippen LogP contribution is -2.47. The number of pyridine rings is 3. The molecule has 12 heterocycles. The van der Waals surface area contributed by atoms with Gasteiger partial charge in [-0.15, -0.1) is 0 Å². The van der Waals surface area contributed by atoms with Crippen LogP contribution in [0.2, 0.25) is 10.0 Å². The van der Waals surface area contributed by atoms with Crippen LogP contribution in [0.3, 0.4) is 0 Å². The van der Waals surface area contributed by atoms with E-state index in [1.807, 2.05) is 99.6 Å². The van der Waals surface area contributed by atoms with E-state index in [9.17, 15) is 25.3 Å². The second-order valence-electron chi connectivity index (χ2n) is 25.1. The summed E-state index contributed by atoms with van der Waals surface area (Å²) in [5.41, 5.74) is 7.24. The molecular formula is C66H74Cl2N22O8S3. The molecule has 3 aliphatic rings. The number of benzene rings is 3. The molecule has 3 unspecified atom stereocenters. The topological polar surface area (TPSA) is 372 Å². The molecule has 0 spiro atoms. The smallest absolute Gasteiger partial charge is 0.223 e. The van der Waals surface area contributed by atoms with Crippen LogP contribution >= 0.6 is 23.2 Å². The zero-order valence-corrected chi connectivity index (χ0v) is 59.9. The standard InChI is InChI=1S/C22H25ClN8O2S.C22H24ClN7O3S.C22H25N7O3S/c1-14(28-22-20-21(25-12-24-20)26-13-27-22)17-10-15-4-3-5-16(23)19(15)18(29-17)11-30-6-8-31(9-7-30)34(2,32)33;1-13(28-21-19-20(25-11-24-19)26-12-27-21)17-10-14-4-3-5-16(23)18(14)22(29-17)33-15-6-8-30(9-7-15)34(2,31)32;1-14(27-21-19-20(24-12-23-19)25-13-26-21)18-11-15-5-3-4-6-17(15)22(28-18)32-16-7-9-29(10-8-16)33(2,30)31/h3-5,10,12-14H,6-9,11H2,1-2H3,(H2,24,25,26,27,28);3-5,10-13,15H,6-9H2,1-2H3,(H2,24,25,26,27,28);3-6,11-14,16H,7-10H2,1-2H3,(H2,23,24,25,26,27). The van der Waals surface area contributed by atoms with Gasteiger partial charge in [0, 0.05) is 69.7 Å². The minimum Gasteiger partial charge on any atom is -0.474 e. The summed E-state index contributed by atoms with van der Waals surface area (Å²) in [5.74, 6) is 2.93. The maximum atomic E-state index is 11.9. The maximum absolute atomic E-state index is 11.9. The first-order chi connectivity index (χ1) is 48.5. The van der Waals surface area contributed by atoms with Gasteiger partial charge in [0.1, 0.15) is 47.7 Å². The van der Waals surface area contributed by atoms with Crippen molar-refractivity contribution in [1.82, 2.24) is 92.6 Å². The molecule has 3 aromatic carbocycles. The lowest BCUT2D eigenvalue weighted by atomic mass is 10.1. The number of halogens is 2. The number of hydrogen-bond acceptors (Lipinski definition) is 24. The van der Waals surface area contributed by atoms with E-state index in [1.165, 1.54) is 50.7 Å². The van der Waals surface area contributed by atoms with Crippen molar-refractivity contribution in [2.45, 2.75) is 83.3 Å². The Bertz CT molecular complexity index is 5120. The van der Waals surface area contributed by atoms with Crippen molar-refractivity contribution < 1.29 is 34.7 Å². The van der Waals surface area contributed by atoms with Crippen molar-refractivity contribution in [2.75, 3.05) is 87.1 Å². The van der Waals surface area contributed by atoms with E-state index >= 15 is 0 Å². The molecule has 3 fully saturated rings. The molecule has 0 aliphatic carbocycles. The highest BCUT2D eigenvalue weighted by Crippen LogP contribution is 2.37. The van der Waals surface area contributed by atoms with Gasteiger partial charge in [0.05, 0.1) is 94.1 Å². The molecule has 3 aliphatic heterocycles. The van der Waals surface area contributed by atoms with Crippen molar-refractivity contribution in [2.24, 2.45) is 0 Å². The summed E-state index contributed by atoms with van der Waals surface area (Å²) in [7, 11) is -9.57. The first-order valence-electron chi connectivity index (χ1n) is 32.7. The third-order valence-corrected chi connectivity index (χ3v) is 22.5. The largest absolute Gasteiger partial charge is 0.474 e. The average Bonchev–Trinajstić information content (AvgIpc) is 1.56. The Labute approximate surface area is 592 Å². The number of aromatic amines is 3. The van der Waals surface area contributed by atoms with Crippen molar-refractivity contribution >= 4 is 137 Å². The van der Waals surface area contributed by atoms with E-state index in [0.29, 0.717) is 146 Å². The summed E-state index contributed by atoms with van der Waals surface area (Å²) in [6, 6.07) is 25.0. The normalized spacial score (nSPS) is 16.8. The molecule has 0 radical (unpaired) electrons. The second kappa shape index (κ2) is 29.8. The van der Waals surface area contributed by atoms with Gasteiger partial charge in [0.25, 0.3) is 0 Å². The van der Waals surface area contributed by atoms with Crippen molar-refractivity contribution in [3.8, 4) is 11.8 Å². The lowest BCUT2D eigenvalue weighted by molar-refractivity contribution is 0.131. The molecule has 12 aromatic rings. The van der Waals surface area contributed by atoms with Gasteiger partial charge in [0.2, 0.25) is 41.8 Å². The van der Waals surface area contributed by atoms with Crippen molar-refractivity contribution in [3.05, 3.63) is 150 Å². The van der Waals surface area contributed by atoms with Crippen LogP contribution in [0.1, 0.15) is 87.4 Å². The van der Waals surface area contributed by atoms with E-state index in [0.717, 1.165) is 66.1 Å². The van der Waals surface area contributed by atoms with Crippen LogP contribution in [-0.4, -0.2) is 201 Å². The molecule has 101 heavy (non-hydrogen) atoms. The van der Waals surface area contributed by atoms with Crippen molar-refractivity contribution in [1.29, 1.82) is 0 Å². The molecule has 15 rings (SSSR count). The van der Waals surface area contributed by atoms with Gasteiger partial charge in [-0.2, -0.15) is 4.31 Å². The first-order valence-corrected chi connectivity index (χ1v) is 39.0. The molecule has 528 valence electrons. The minimum atomic E-state index is -3.21. The van der Waals surface area contributed by atoms with Gasteiger partial charge in [0.15, 0.2) is 34.4 Å². The molecule has 0 bridgehead atoms. The van der Waals surface area contributed by atoms with Crippen LogP contribution in [0, 0.1) is 0 Å². The molecule has 3 atom stereocenters. The maximum Gasteiger partial charge on any atom is 0.223 e. The third kappa shape index (κ3) is 16.3. The second-order valence-corrected chi connectivity index (χ2v) is 31.8. The number of nitrogens with one attached hydrogen (secondary N) is 6. The van der Waals surface area contributed by atoms with Gasteiger partial charge < -0.3 is 40.4 Å². The van der Waals surface area contributed by atoms with Gasteiger partial charge in [-0.3, -0.25) is 9.88 Å². The molecule has 6 N–H and O–H groups in total. The van der Waals surface area contributed by atoms with Crippen LogP contribution in [0.25, 0.3) is 65.8 Å². The molecule has 0 amide bonds. The quantitative estimate of drug-likeness (QED) is 0.0466. The highest BCUT2D eigenvalue weighted by Gasteiger charge is 2.31.